The normalized spacial score (nSPS) is 11.8. The smallest absolute Gasteiger partial charge is 0.180 e. The number of sulfone groups is 1. The lowest BCUT2D eigenvalue weighted by atomic mass is 9.97. The highest BCUT2D eigenvalue weighted by atomic mass is 32.2. The minimum absolute atomic E-state index is 0.234. The van der Waals surface area contributed by atoms with Crippen LogP contribution >= 0.6 is 0 Å². The summed E-state index contributed by atoms with van der Waals surface area (Å²) in [6.07, 6.45) is 9.06. The first-order valence-electron chi connectivity index (χ1n) is 10.2. The Hall–Kier alpha value is -2.76. The van der Waals surface area contributed by atoms with Crippen molar-refractivity contribution in [2.75, 3.05) is 12.4 Å². The van der Waals surface area contributed by atoms with Gasteiger partial charge < -0.3 is 5.11 Å². The first-order valence-corrected chi connectivity index (χ1v) is 11.8. The maximum absolute atomic E-state index is 12.2. The van der Waals surface area contributed by atoms with Crippen LogP contribution in [-0.4, -0.2) is 30.9 Å². The zero-order chi connectivity index (χ0) is 21.4. The van der Waals surface area contributed by atoms with Crippen LogP contribution in [0.2, 0.25) is 0 Å². The molecule has 0 saturated heterocycles. The lowest BCUT2D eigenvalue weighted by Gasteiger charge is -2.10. The van der Waals surface area contributed by atoms with E-state index in [-0.39, 0.29) is 17.3 Å². The van der Waals surface area contributed by atoms with Crippen molar-refractivity contribution in [3.8, 4) is 11.1 Å². The average molecular weight is 422 g/mol. The summed E-state index contributed by atoms with van der Waals surface area (Å²) in [5.74, 6) is -0.263. The number of nitrogens with zero attached hydrogens (tertiary/aromatic N) is 1. The Balaban J connectivity index is 1.94. The molecule has 0 aliphatic carbocycles. The third kappa shape index (κ3) is 5.88. The molecule has 0 unspecified atom stereocenters. The SMILES string of the molecule is CCCCc1cc(/C=C/c2ccccn2)cc(-c2ccc(S(=O)(=O)CCO)cc2)c1. The van der Waals surface area contributed by atoms with E-state index in [1.807, 2.05) is 36.4 Å². The molecule has 0 fully saturated rings. The molecule has 156 valence electrons. The van der Waals surface area contributed by atoms with E-state index in [1.165, 1.54) is 5.56 Å². The molecule has 0 saturated carbocycles. The number of benzene rings is 2. The Kier molecular flexibility index (Phi) is 7.55. The van der Waals surface area contributed by atoms with Gasteiger partial charge in [-0.1, -0.05) is 49.8 Å². The van der Waals surface area contributed by atoms with Gasteiger partial charge in [0.25, 0.3) is 0 Å². The van der Waals surface area contributed by atoms with Crippen LogP contribution < -0.4 is 0 Å². The monoisotopic (exact) mass is 421 g/mol. The Labute approximate surface area is 178 Å². The molecule has 3 rings (SSSR count). The van der Waals surface area contributed by atoms with Gasteiger partial charge in [-0.2, -0.15) is 0 Å². The van der Waals surface area contributed by atoms with Gasteiger partial charge in [0.15, 0.2) is 9.84 Å². The van der Waals surface area contributed by atoms with Gasteiger partial charge >= 0.3 is 0 Å². The summed E-state index contributed by atoms with van der Waals surface area (Å²) in [5, 5.41) is 8.97. The number of aromatic nitrogens is 1. The molecule has 0 spiro atoms. The van der Waals surface area contributed by atoms with Crippen molar-refractivity contribution in [3.63, 3.8) is 0 Å². The number of aliphatic hydroxyl groups is 1. The third-order valence-electron chi connectivity index (χ3n) is 4.88. The van der Waals surface area contributed by atoms with Crippen LogP contribution in [0.1, 0.15) is 36.6 Å². The number of unbranched alkanes of at least 4 members (excludes halogenated alkanes) is 1. The standard InChI is InChI=1S/C25H27NO3S/c1-2-3-6-20-17-21(8-11-24-7-4-5-14-26-24)19-23(18-20)22-9-12-25(13-10-22)30(28,29)16-15-27/h4-5,7-14,17-19,27H,2-3,6,15-16H2,1H3/b11-8+. The summed E-state index contributed by atoms with van der Waals surface area (Å²) in [7, 11) is -3.45. The molecule has 0 radical (unpaired) electrons. The fraction of sp³-hybridized carbons (Fsp3) is 0.240. The van der Waals surface area contributed by atoms with Crippen LogP contribution in [-0.2, 0) is 16.3 Å². The minimum atomic E-state index is -3.45. The molecule has 4 nitrogen and oxygen atoms in total. The van der Waals surface area contributed by atoms with E-state index in [9.17, 15) is 8.42 Å². The van der Waals surface area contributed by atoms with Gasteiger partial charge in [0.05, 0.1) is 22.9 Å². The van der Waals surface area contributed by atoms with Crippen LogP contribution in [0.5, 0.6) is 0 Å². The van der Waals surface area contributed by atoms with Crippen molar-refractivity contribution in [1.29, 1.82) is 0 Å². The highest BCUT2D eigenvalue weighted by Crippen LogP contribution is 2.26. The quantitative estimate of drug-likeness (QED) is 0.526. The molecule has 1 aromatic heterocycles. The van der Waals surface area contributed by atoms with Crippen molar-refractivity contribution in [2.24, 2.45) is 0 Å². The Morgan fingerprint density at radius 3 is 2.43 bits per heavy atom. The Morgan fingerprint density at radius 1 is 0.967 bits per heavy atom. The van der Waals surface area contributed by atoms with Crippen LogP contribution in [0.4, 0.5) is 0 Å². The van der Waals surface area contributed by atoms with E-state index >= 15 is 0 Å². The summed E-state index contributed by atoms with van der Waals surface area (Å²) in [6.45, 7) is 1.80. The maximum Gasteiger partial charge on any atom is 0.180 e. The molecular weight excluding hydrogens is 394 g/mol. The molecule has 3 aromatic rings. The van der Waals surface area contributed by atoms with Gasteiger partial charge in [-0.3, -0.25) is 4.98 Å². The van der Waals surface area contributed by atoms with Crippen LogP contribution in [0.25, 0.3) is 23.3 Å². The molecule has 0 amide bonds. The predicted molar refractivity (Wildman–Crippen MR) is 123 cm³/mol. The second kappa shape index (κ2) is 10.3. The van der Waals surface area contributed by atoms with Gasteiger partial charge in [-0.25, -0.2) is 8.42 Å². The van der Waals surface area contributed by atoms with E-state index < -0.39 is 9.84 Å². The van der Waals surface area contributed by atoms with Gasteiger partial charge in [-0.05, 0) is 71.5 Å². The van der Waals surface area contributed by atoms with E-state index in [2.05, 4.69) is 36.2 Å². The van der Waals surface area contributed by atoms with Crippen molar-refractivity contribution >= 4 is 22.0 Å². The first-order chi connectivity index (χ1) is 14.5. The van der Waals surface area contributed by atoms with Crippen LogP contribution in [0.3, 0.4) is 0 Å². The fourth-order valence-corrected chi connectivity index (χ4v) is 4.28. The fourth-order valence-electron chi connectivity index (χ4n) is 3.26. The van der Waals surface area contributed by atoms with Crippen LogP contribution in [0.15, 0.2) is 71.8 Å². The number of aryl methyl sites for hydroxylation is 1. The zero-order valence-corrected chi connectivity index (χ0v) is 18.0. The van der Waals surface area contributed by atoms with Crippen molar-refractivity contribution in [2.45, 2.75) is 31.1 Å². The molecule has 2 aromatic carbocycles. The number of rotatable bonds is 9. The van der Waals surface area contributed by atoms with Crippen molar-refractivity contribution < 1.29 is 13.5 Å². The maximum atomic E-state index is 12.2. The predicted octanol–water partition coefficient (Wildman–Crippen LogP) is 5.03. The van der Waals surface area contributed by atoms with E-state index in [4.69, 9.17) is 5.11 Å². The molecule has 0 bridgehead atoms. The molecule has 0 aliphatic heterocycles. The molecule has 0 atom stereocenters. The summed E-state index contributed by atoms with van der Waals surface area (Å²) in [6, 6.07) is 19.2. The number of hydrogen-bond donors (Lipinski definition) is 1. The van der Waals surface area contributed by atoms with E-state index in [0.29, 0.717) is 0 Å². The molecule has 30 heavy (non-hydrogen) atoms. The van der Waals surface area contributed by atoms with Gasteiger partial charge in [0.1, 0.15) is 0 Å². The molecule has 0 aliphatic rings. The summed E-state index contributed by atoms with van der Waals surface area (Å²) in [4.78, 5) is 4.57. The molecule has 1 N–H and O–H groups in total. The molecule has 5 heteroatoms. The zero-order valence-electron chi connectivity index (χ0n) is 17.2. The van der Waals surface area contributed by atoms with Crippen LogP contribution in [0, 0.1) is 0 Å². The van der Waals surface area contributed by atoms with Gasteiger partial charge in [0, 0.05) is 6.20 Å². The topological polar surface area (TPSA) is 67.3 Å². The highest BCUT2D eigenvalue weighted by Gasteiger charge is 2.13. The largest absolute Gasteiger partial charge is 0.395 e. The second-order valence-electron chi connectivity index (χ2n) is 7.22. The lowest BCUT2D eigenvalue weighted by Crippen LogP contribution is -2.09. The minimum Gasteiger partial charge on any atom is -0.395 e. The molecule has 1 heterocycles. The molecular formula is C25H27NO3S. The van der Waals surface area contributed by atoms with Gasteiger partial charge in [-0.15, -0.1) is 0 Å². The average Bonchev–Trinajstić information content (AvgIpc) is 2.77. The Bertz CT molecular complexity index is 1090. The summed E-state index contributed by atoms with van der Waals surface area (Å²) in [5.41, 5.74) is 5.25. The third-order valence-corrected chi connectivity index (χ3v) is 6.59. The van der Waals surface area contributed by atoms with Crippen molar-refractivity contribution in [3.05, 3.63) is 83.7 Å². The number of aliphatic hydroxyl groups excluding tert-OH is 1. The number of hydrogen-bond acceptors (Lipinski definition) is 4. The highest BCUT2D eigenvalue weighted by molar-refractivity contribution is 7.91. The number of pyridine rings is 1. The van der Waals surface area contributed by atoms with E-state index in [0.717, 1.165) is 41.6 Å². The van der Waals surface area contributed by atoms with Gasteiger partial charge in [0.2, 0.25) is 0 Å². The Morgan fingerprint density at radius 2 is 1.77 bits per heavy atom. The second-order valence-corrected chi connectivity index (χ2v) is 9.33. The lowest BCUT2D eigenvalue weighted by molar-refractivity contribution is 0.319. The van der Waals surface area contributed by atoms with Crippen molar-refractivity contribution in [1.82, 2.24) is 4.98 Å². The summed E-state index contributed by atoms with van der Waals surface area (Å²) >= 11 is 0. The summed E-state index contributed by atoms with van der Waals surface area (Å²) < 4.78 is 24.3. The van der Waals surface area contributed by atoms with E-state index in [1.54, 1.807) is 18.3 Å². The first kappa shape index (κ1) is 21.9.